The van der Waals surface area contributed by atoms with Crippen LogP contribution >= 0.6 is 0 Å². The van der Waals surface area contributed by atoms with Gasteiger partial charge in [0.25, 0.3) is 0 Å². The second-order valence-corrected chi connectivity index (χ2v) is 2.01. The maximum absolute atomic E-state index is 10.7. The molecule has 0 heterocycles. The second-order valence-electron chi connectivity index (χ2n) is 2.01. The average Bonchev–Trinajstić information content (AvgIpc) is 1.88. The summed E-state index contributed by atoms with van der Waals surface area (Å²) in [7, 11) is 0. The van der Waals surface area contributed by atoms with Gasteiger partial charge in [-0.2, -0.15) is 0 Å². The van der Waals surface area contributed by atoms with E-state index in [-0.39, 0.29) is 18.8 Å². The van der Waals surface area contributed by atoms with Gasteiger partial charge in [0.2, 0.25) is 0 Å². The monoisotopic (exact) mass is 144 g/mol. The minimum atomic E-state index is -0.913. The van der Waals surface area contributed by atoms with Crippen molar-refractivity contribution < 1.29 is 15.0 Å². The standard InChI is InChI=1S/C7H12O3/c1-2-3-6(9)4-7(10)5-8/h2-3,7-8,10H,4-5H2,1H3. The van der Waals surface area contributed by atoms with Crippen molar-refractivity contribution in [1.29, 1.82) is 0 Å². The highest BCUT2D eigenvalue weighted by Gasteiger charge is 2.05. The molecule has 0 aromatic carbocycles. The lowest BCUT2D eigenvalue weighted by Gasteiger charge is -2.01. The minimum Gasteiger partial charge on any atom is -0.394 e. The van der Waals surface area contributed by atoms with Gasteiger partial charge in [-0.3, -0.25) is 4.79 Å². The van der Waals surface area contributed by atoms with Gasteiger partial charge in [-0.15, -0.1) is 0 Å². The fourth-order valence-corrected chi connectivity index (χ4v) is 0.551. The minimum absolute atomic E-state index is 0.000833. The van der Waals surface area contributed by atoms with Gasteiger partial charge in [0.15, 0.2) is 5.78 Å². The summed E-state index contributed by atoms with van der Waals surface area (Å²) in [5.41, 5.74) is 0. The van der Waals surface area contributed by atoms with Crippen LogP contribution < -0.4 is 0 Å². The third-order valence-corrected chi connectivity index (χ3v) is 1.00. The number of aliphatic hydroxyl groups is 2. The normalized spacial score (nSPS) is 13.9. The summed E-state index contributed by atoms with van der Waals surface area (Å²) < 4.78 is 0. The first kappa shape index (κ1) is 9.33. The zero-order valence-electron chi connectivity index (χ0n) is 5.95. The molecule has 0 aromatic heterocycles. The summed E-state index contributed by atoms with van der Waals surface area (Å²) in [6.45, 7) is 1.37. The van der Waals surface area contributed by atoms with Crippen LogP contribution in [0.2, 0.25) is 0 Å². The van der Waals surface area contributed by atoms with Crippen LogP contribution in [0.1, 0.15) is 13.3 Å². The van der Waals surface area contributed by atoms with Crippen LogP contribution in [0, 0.1) is 0 Å². The van der Waals surface area contributed by atoms with Gasteiger partial charge in [-0.1, -0.05) is 6.08 Å². The molecule has 10 heavy (non-hydrogen) atoms. The van der Waals surface area contributed by atoms with E-state index in [4.69, 9.17) is 10.2 Å². The summed E-state index contributed by atoms with van der Waals surface area (Å²) in [6.07, 6.45) is 2.07. The SMILES string of the molecule is CC=CC(=O)CC(O)CO. The molecule has 1 atom stereocenters. The van der Waals surface area contributed by atoms with Gasteiger partial charge < -0.3 is 10.2 Å². The fraction of sp³-hybridized carbons (Fsp3) is 0.571. The smallest absolute Gasteiger partial charge is 0.158 e. The zero-order valence-corrected chi connectivity index (χ0v) is 5.95. The first-order valence-electron chi connectivity index (χ1n) is 3.15. The van der Waals surface area contributed by atoms with Crippen LogP contribution in [0.15, 0.2) is 12.2 Å². The van der Waals surface area contributed by atoms with Crippen LogP contribution in [0.25, 0.3) is 0 Å². The molecular formula is C7H12O3. The van der Waals surface area contributed by atoms with Crippen molar-refractivity contribution in [2.24, 2.45) is 0 Å². The summed E-state index contributed by atoms with van der Waals surface area (Å²) in [5.74, 6) is -0.163. The molecule has 0 aromatic rings. The molecule has 0 aliphatic carbocycles. The number of hydrogen-bond acceptors (Lipinski definition) is 3. The molecule has 0 spiro atoms. The molecule has 0 radical (unpaired) electrons. The number of hydrogen-bond donors (Lipinski definition) is 2. The summed E-state index contributed by atoms with van der Waals surface area (Å²) in [6, 6.07) is 0. The highest BCUT2D eigenvalue weighted by molar-refractivity contribution is 5.89. The Kier molecular flexibility index (Phi) is 4.80. The molecule has 0 rings (SSSR count). The van der Waals surface area contributed by atoms with E-state index < -0.39 is 6.10 Å². The fourth-order valence-electron chi connectivity index (χ4n) is 0.551. The van der Waals surface area contributed by atoms with Gasteiger partial charge in [-0.25, -0.2) is 0 Å². The lowest BCUT2D eigenvalue weighted by Crippen LogP contribution is -2.15. The van der Waals surface area contributed by atoms with Crippen molar-refractivity contribution in [3.63, 3.8) is 0 Å². The van der Waals surface area contributed by atoms with E-state index in [9.17, 15) is 4.79 Å². The van der Waals surface area contributed by atoms with Crippen LogP contribution in [-0.4, -0.2) is 28.7 Å². The Morgan fingerprint density at radius 3 is 2.70 bits per heavy atom. The molecular weight excluding hydrogens is 132 g/mol. The number of aliphatic hydroxyl groups excluding tert-OH is 2. The molecule has 0 saturated heterocycles. The Morgan fingerprint density at radius 2 is 2.30 bits per heavy atom. The Morgan fingerprint density at radius 1 is 1.70 bits per heavy atom. The van der Waals surface area contributed by atoms with Crippen LogP contribution in [0.5, 0.6) is 0 Å². The Bertz CT molecular complexity index is 129. The van der Waals surface area contributed by atoms with E-state index in [2.05, 4.69) is 0 Å². The summed E-state index contributed by atoms with van der Waals surface area (Å²) >= 11 is 0. The molecule has 1 unspecified atom stereocenters. The largest absolute Gasteiger partial charge is 0.394 e. The highest BCUT2D eigenvalue weighted by Crippen LogP contribution is 1.92. The maximum atomic E-state index is 10.7. The van der Waals surface area contributed by atoms with Gasteiger partial charge in [0.05, 0.1) is 12.7 Å². The molecule has 2 N–H and O–H groups in total. The summed E-state index contributed by atoms with van der Waals surface area (Å²) in [4.78, 5) is 10.7. The molecule has 3 nitrogen and oxygen atoms in total. The molecule has 0 saturated carbocycles. The van der Waals surface area contributed by atoms with E-state index in [1.54, 1.807) is 13.0 Å². The van der Waals surface area contributed by atoms with E-state index in [1.165, 1.54) is 6.08 Å². The van der Waals surface area contributed by atoms with Gasteiger partial charge in [-0.05, 0) is 13.0 Å². The van der Waals surface area contributed by atoms with Crippen molar-refractivity contribution in [3.8, 4) is 0 Å². The molecule has 3 heteroatoms. The quantitative estimate of drug-likeness (QED) is 0.540. The molecule has 0 bridgehead atoms. The maximum Gasteiger partial charge on any atom is 0.158 e. The second kappa shape index (κ2) is 5.14. The van der Waals surface area contributed by atoms with Crippen molar-refractivity contribution >= 4 is 5.78 Å². The number of carbonyl (C=O) groups excluding carboxylic acids is 1. The lowest BCUT2D eigenvalue weighted by atomic mass is 10.2. The molecule has 0 amide bonds. The van der Waals surface area contributed by atoms with Crippen molar-refractivity contribution in [2.45, 2.75) is 19.4 Å². The lowest BCUT2D eigenvalue weighted by molar-refractivity contribution is -0.116. The van der Waals surface area contributed by atoms with Crippen LogP contribution in [0.3, 0.4) is 0 Å². The van der Waals surface area contributed by atoms with E-state index in [0.717, 1.165) is 0 Å². The van der Waals surface area contributed by atoms with Crippen molar-refractivity contribution in [1.82, 2.24) is 0 Å². The van der Waals surface area contributed by atoms with Crippen LogP contribution in [0.4, 0.5) is 0 Å². The molecule has 0 aliphatic rings. The van der Waals surface area contributed by atoms with E-state index >= 15 is 0 Å². The topological polar surface area (TPSA) is 57.5 Å². The average molecular weight is 144 g/mol. The number of rotatable bonds is 4. The van der Waals surface area contributed by atoms with Crippen molar-refractivity contribution in [2.75, 3.05) is 6.61 Å². The number of allylic oxidation sites excluding steroid dienone is 2. The van der Waals surface area contributed by atoms with Gasteiger partial charge in [0, 0.05) is 6.42 Å². The van der Waals surface area contributed by atoms with Gasteiger partial charge in [0.1, 0.15) is 0 Å². The third kappa shape index (κ3) is 4.23. The third-order valence-electron chi connectivity index (χ3n) is 1.00. The predicted octanol–water partition coefficient (Wildman–Crippen LogP) is -0.125. The number of carbonyl (C=O) groups is 1. The van der Waals surface area contributed by atoms with Crippen LogP contribution in [-0.2, 0) is 4.79 Å². The first-order chi connectivity index (χ1) is 4.70. The molecule has 58 valence electrons. The van der Waals surface area contributed by atoms with E-state index in [1.807, 2.05) is 0 Å². The van der Waals surface area contributed by atoms with Crippen molar-refractivity contribution in [3.05, 3.63) is 12.2 Å². The zero-order chi connectivity index (χ0) is 7.98. The molecule has 0 aliphatic heterocycles. The van der Waals surface area contributed by atoms with Gasteiger partial charge >= 0.3 is 0 Å². The predicted molar refractivity (Wildman–Crippen MR) is 37.5 cm³/mol. The Hall–Kier alpha value is -0.670. The first-order valence-corrected chi connectivity index (χ1v) is 3.15. The summed E-state index contributed by atoms with van der Waals surface area (Å²) in [5, 5.41) is 17.1. The molecule has 0 fully saturated rings. The van der Waals surface area contributed by atoms with E-state index in [0.29, 0.717) is 0 Å². The Labute approximate surface area is 60.0 Å². The highest BCUT2D eigenvalue weighted by atomic mass is 16.3. The Balaban J connectivity index is 3.57. The number of ketones is 1.